The number of aryl methyl sites for hydroxylation is 2. The second kappa shape index (κ2) is 9.45. The van der Waals surface area contributed by atoms with Gasteiger partial charge >= 0.3 is 5.97 Å². The third kappa shape index (κ3) is 5.18. The van der Waals surface area contributed by atoms with Gasteiger partial charge in [0.15, 0.2) is 0 Å². The lowest BCUT2D eigenvalue weighted by Crippen LogP contribution is -2.06. The molecule has 0 aliphatic rings. The summed E-state index contributed by atoms with van der Waals surface area (Å²) in [5.41, 5.74) is 4.70. The van der Waals surface area contributed by atoms with Gasteiger partial charge in [0.1, 0.15) is 23.9 Å². The quantitative estimate of drug-likeness (QED) is 0.534. The molecule has 1 heterocycles. The van der Waals surface area contributed by atoms with Gasteiger partial charge in [0.2, 0.25) is 0 Å². The van der Waals surface area contributed by atoms with Crippen molar-refractivity contribution in [1.29, 1.82) is 0 Å². The Labute approximate surface area is 175 Å². The molecule has 0 saturated heterocycles. The molecule has 3 rings (SSSR count). The van der Waals surface area contributed by atoms with Gasteiger partial charge in [0.05, 0.1) is 18.7 Å². The molecule has 7 nitrogen and oxygen atoms in total. The van der Waals surface area contributed by atoms with Crippen LogP contribution in [0.2, 0.25) is 0 Å². The van der Waals surface area contributed by atoms with Crippen LogP contribution in [0, 0.1) is 13.8 Å². The molecule has 7 heteroatoms. The monoisotopic (exact) mass is 410 g/mol. The number of aliphatic carboxylic acids is 1. The molecule has 0 aliphatic heterocycles. The average molecular weight is 410 g/mol. The summed E-state index contributed by atoms with van der Waals surface area (Å²) >= 11 is 0. The van der Waals surface area contributed by atoms with Crippen LogP contribution in [0.3, 0.4) is 0 Å². The maximum Gasteiger partial charge on any atom is 0.307 e. The van der Waals surface area contributed by atoms with Gasteiger partial charge in [-0.25, -0.2) is 0 Å². The van der Waals surface area contributed by atoms with Crippen molar-refractivity contribution in [1.82, 2.24) is 9.78 Å². The maximum absolute atomic E-state index is 11.2. The molecular weight excluding hydrogens is 384 g/mol. The van der Waals surface area contributed by atoms with Gasteiger partial charge in [0, 0.05) is 31.5 Å². The van der Waals surface area contributed by atoms with Crippen LogP contribution < -0.4 is 9.47 Å². The summed E-state index contributed by atoms with van der Waals surface area (Å²) in [6.07, 6.45) is -0.119. The largest absolute Gasteiger partial charge is 0.491 e. The number of nitrogens with zero attached hydrogens (tertiary/aromatic N) is 2. The Balaban J connectivity index is 1.89. The summed E-state index contributed by atoms with van der Waals surface area (Å²) in [7, 11) is 3.52. The van der Waals surface area contributed by atoms with Gasteiger partial charge in [-0.15, -0.1) is 0 Å². The third-order valence-electron chi connectivity index (χ3n) is 4.72. The van der Waals surface area contributed by atoms with Crippen LogP contribution in [-0.2, 0) is 23.0 Å². The Morgan fingerprint density at radius 1 is 1.07 bits per heavy atom. The fraction of sp³-hybridized carbons (Fsp3) is 0.304. The lowest BCUT2D eigenvalue weighted by Gasteiger charge is -2.12. The molecule has 0 fully saturated rings. The molecule has 0 spiro atoms. The number of carboxylic acid groups (broad SMARTS) is 1. The summed E-state index contributed by atoms with van der Waals surface area (Å²) in [6.45, 7) is 4.81. The topological polar surface area (TPSA) is 82.8 Å². The molecule has 0 radical (unpaired) electrons. The van der Waals surface area contributed by atoms with E-state index in [0.717, 1.165) is 22.5 Å². The minimum atomic E-state index is -0.917. The molecule has 0 aliphatic carbocycles. The van der Waals surface area contributed by atoms with E-state index in [1.807, 2.05) is 49.8 Å². The van der Waals surface area contributed by atoms with E-state index < -0.39 is 5.97 Å². The van der Waals surface area contributed by atoms with Crippen LogP contribution >= 0.6 is 0 Å². The fourth-order valence-electron chi connectivity index (χ4n) is 3.34. The van der Waals surface area contributed by atoms with Gasteiger partial charge in [-0.05, 0) is 49.2 Å². The predicted molar refractivity (Wildman–Crippen MR) is 113 cm³/mol. The summed E-state index contributed by atoms with van der Waals surface area (Å²) in [6, 6.07) is 12.9. The summed E-state index contributed by atoms with van der Waals surface area (Å²) in [5, 5.41) is 13.6. The van der Waals surface area contributed by atoms with E-state index in [9.17, 15) is 4.79 Å². The van der Waals surface area contributed by atoms with Crippen LogP contribution in [0.25, 0.3) is 11.1 Å². The van der Waals surface area contributed by atoms with Crippen molar-refractivity contribution in [3.8, 4) is 28.4 Å². The highest BCUT2D eigenvalue weighted by Crippen LogP contribution is 2.32. The molecule has 3 aromatic rings. The number of benzene rings is 2. The van der Waals surface area contributed by atoms with Crippen molar-refractivity contribution in [2.75, 3.05) is 20.3 Å². The first-order valence-electron chi connectivity index (χ1n) is 9.63. The minimum absolute atomic E-state index is 0.119. The highest BCUT2D eigenvalue weighted by Gasteiger charge is 2.13. The standard InChI is InChI=1S/C23H26N2O5/c1-15-23(16(2)25(3)24-15)18-6-5-7-19(13-18)30-21-11-17(12-22(26)27)10-20(14-21)29-9-8-28-4/h5-7,10-11,13-14H,8-9,12H2,1-4H3,(H,26,27). The number of aromatic nitrogens is 2. The Kier molecular flexibility index (Phi) is 6.74. The average Bonchev–Trinajstić information content (AvgIpc) is 2.93. The maximum atomic E-state index is 11.2. The Hall–Kier alpha value is -3.32. The molecule has 1 aromatic heterocycles. The highest BCUT2D eigenvalue weighted by atomic mass is 16.5. The number of hydrogen-bond donors (Lipinski definition) is 1. The Morgan fingerprint density at radius 2 is 1.83 bits per heavy atom. The molecular formula is C23H26N2O5. The van der Waals surface area contributed by atoms with E-state index in [1.165, 1.54) is 0 Å². The van der Waals surface area contributed by atoms with E-state index in [4.69, 9.17) is 19.3 Å². The van der Waals surface area contributed by atoms with Crippen LogP contribution in [0.5, 0.6) is 17.2 Å². The SMILES string of the molecule is COCCOc1cc(CC(=O)O)cc(Oc2cccc(-c3c(C)nn(C)c3C)c2)c1. The van der Waals surface area contributed by atoms with E-state index in [-0.39, 0.29) is 6.42 Å². The minimum Gasteiger partial charge on any atom is -0.491 e. The van der Waals surface area contributed by atoms with E-state index >= 15 is 0 Å². The number of rotatable bonds is 9. The van der Waals surface area contributed by atoms with Crippen molar-refractivity contribution in [2.45, 2.75) is 20.3 Å². The zero-order valence-corrected chi connectivity index (χ0v) is 17.6. The molecule has 30 heavy (non-hydrogen) atoms. The van der Waals surface area contributed by atoms with Crippen LogP contribution in [-0.4, -0.2) is 41.2 Å². The normalized spacial score (nSPS) is 10.8. The van der Waals surface area contributed by atoms with E-state index in [1.54, 1.807) is 25.3 Å². The smallest absolute Gasteiger partial charge is 0.307 e. The second-order valence-electron chi connectivity index (χ2n) is 7.02. The van der Waals surface area contributed by atoms with Crippen LogP contribution in [0.15, 0.2) is 42.5 Å². The third-order valence-corrected chi connectivity index (χ3v) is 4.72. The van der Waals surface area contributed by atoms with Crippen molar-refractivity contribution >= 4 is 5.97 Å². The van der Waals surface area contributed by atoms with Crippen molar-refractivity contribution in [3.63, 3.8) is 0 Å². The molecule has 1 N–H and O–H groups in total. The Bertz CT molecular complexity index is 1040. The summed E-state index contributed by atoms with van der Waals surface area (Å²) < 4.78 is 18.6. The number of carbonyl (C=O) groups is 1. The molecule has 158 valence electrons. The highest BCUT2D eigenvalue weighted by molar-refractivity contribution is 5.71. The number of methoxy groups -OCH3 is 1. The molecule has 0 bridgehead atoms. The zero-order valence-electron chi connectivity index (χ0n) is 17.6. The van der Waals surface area contributed by atoms with E-state index in [2.05, 4.69) is 5.10 Å². The second-order valence-corrected chi connectivity index (χ2v) is 7.02. The summed E-state index contributed by atoms with van der Waals surface area (Å²) in [4.78, 5) is 11.2. The van der Waals surface area contributed by atoms with E-state index in [0.29, 0.717) is 36.0 Å². The molecule has 0 saturated carbocycles. The lowest BCUT2D eigenvalue weighted by molar-refractivity contribution is -0.136. The summed E-state index contributed by atoms with van der Waals surface area (Å²) in [5.74, 6) is 0.777. The molecule has 2 aromatic carbocycles. The first-order chi connectivity index (χ1) is 14.4. The Morgan fingerprint density at radius 3 is 2.50 bits per heavy atom. The number of hydrogen-bond acceptors (Lipinski definition) is 5. The fourth-order valence-corrected chi connectivity index (χ4v) is 3.34. The van der Waals surface area contributed by atoms with Crippen molar-refractivity contribution in [3.05, 3.63) is 59.4 Å². The number of carboxylic acids is 1. The number of ether oxygens (including phenoxy) is 3. The van der Waals surface area contributed by atoms with Crippen molar-refractivity contribution in [2.24, 2.45) is 7.05 Å². The first-order valence-corrected chi connectivity index (χ1v) is 9.63. The molecule has 0 unspecified atom stereocenters. The molecule has 0 amide bonds. The van der Waals surface area contributed by atoms with Gasteiger partial charge in [0.25, 0.3) is 0 Å². The lowest BCUT2D eigenvalue weighted by atomic mass is 10.0. The van der Waals surface area contributed by atoms with Gasteiger partial charge in [-0.2, -0.15) is 5.10 Å². The molecule has 0 atom stereocenters. The van der Waals surface area contributed by atoms with Crippen LogP contribution in [0.4, 0.5) is 0 Å². The predicted octanol–water partition coefficient (Wildman–Crippen LogP) is 4.15. The van der Waals surface area contributed by atoms with Gasteiger partial charge in [-0.1, -0.05) is 12.1 Å². The van der Waals surface area contributed by atoms with Crippen LogP contribution in [0.1, 0.15) is 17.0 Å². The van der Waals surface area contributed by atoms with Crippen molar-refractivity contribution < 1.29 is 24.1 Å². The first kappa shape index (κ1) is 21.4. The zero-order chi connectivity index (χ0) is 21.7. The van der Waals surface area contributed by atoms with Gasteiger partial charge < -0.3 is 19.3 Å². The van der Waals surface area contributed by atoms with Gasteiger partial charge in [-0.3, -0.25) is 9.48 Å².